The van der Waals surface area contributed by atoms with Crippen LogP contribution < -0.4 is 14.8 Å². The lowest BCUT2D eigenvalue weighted by Crippen LogP contribution is -2.23. The van der Waals surface area contributed by atoms with Gasteiger partial charge in [-0.15, -0.1) is 0 Å². The van der Waals surface area contributed by atoms with Crippen molar-refractivity contribution in [3.8, 4) is 11.5 Å². The number of H-pyrrole nitrogens is 1. The Morgan fingerprint density at radius 2 is 2.11 bits per heavy atom. The number of amides is 1. The summed E-state index contributed by atoms with van der Waals surface area (Å²) in [4.78, 5) is 19.8. The van der Waals surface area contributed by atoms with E-state index in [2.05, 4.69) is 21.9 Å². The van der Waals surface area contributed by atoms with Crippen molar-refractivity contribution in [2.45, 2.75) is 6.42 Å². The van der Waals surface area contributed by atoms with Gasteiger partial charge in [0.2, 0.25) is 5.91 Å². The number of hydrogen-bond donors (Lipinski definition) is 2. The van der Waals surface area contributed by atoms with Crippen LogP contribution in [0.2, 0.25) is 0 Å². The average Bonchev–Trinajstić information content (AvgIpc) is 3.13. The molecule has 6 nitrogen and oxygen atoms in total. The fraction of sp³-hybridized carbons (Fsp3) is 0.182. The number of aromatic amines is 1. The Morgan fingerprint density at radius 3 is 2.89 bits per heavy atom. The second-order valence-corrected chi connectivity index (χ2v) is 6.08. The zero-order valence-corrected chi connectivity index (χ0v) is 15.8. The first-order valence-corrected chi connectivity index (χ1v) is 9.01. The Kier molecular flexibility index (Phi) is 6.46. The largest absolute Gasteiger partial charge is 0.493 e. The molecule has 0 radical (unpaired) electrons. The lowest BCUT2D eigenvalue weighted by molar-refractivity contribution is -0.116. The molecule has 1 aromatic heterocycles. The summed E-state index contributed by atoms with van der Waals surface area (Å²) in [5, 5.41) is 2.86. The van der Waals surface area contributed by atoms with Crippen LogP contribution in [0.1, 0.15) is 11.4 Å². The third kappa shape index (κ3) is 5.01. The molecule has 0 fully saturated rings. The molecule has 1 amide bonds. The zero-order chi connectivity index (χ0) is 19.8. The fourth-order valence-corrected chi connectivity index (χ4v) is 2.71. The average molecular weight is 377 g/mol. The number of carbonyl (C=O) groups is 1. The van der Waals surface area contributed by atoms with Gasteiger partial charge in [0.25, 0.3) is 0 Å². The lowest BCUT2D eigenvalue weighted by Gasteiger charge is -2.09. The number of rotatable bonds is 9. The van der Waals surface area contributed by atoms with Crippen molar-refractivity contribution in [3.63, 3.8) is 0 Å². The van der Waals surface area contributed by atoms with E-state index in [1.807, 2.05) is 42.5 Å². The van der Waals surface area contributed by atoms with Gasteiger partial charge in [-0.3, -0.25) is 4.79 Å². The summed E-state index contributed by atoms with van der Waals surface area (Å²) >= 11 is 0. The van der Waals surface area contributed by atoms with Crippen molar-refractivity contribution >= 4 is 23.0 Å². The molecule has 3 aromatic rings. The Labute approximate surface area is 163 Å². The molecule has 0 aliphatic heterocycles. The highest BCUT2D eigenvalue weighted by Gasteiger charge is 2.05. The summed E-state index contributed by atoms with van der Waals surface area (Å²) in [7, 11) is 1.58. The minimum Gasteiger partial charge on any atom is -0.493 e. The van der Waals surface area contributed by atoms with Crippen LogP contribution >= 0.6 is 0 Å². The topological polar surface area (TPSA) is 76.2 Å². The summed E-state index contributed by atoms with van der Waals surface area (Å²) in [6, 6.07) is 13.3. The first-order chi connectivity index (χ1) is 13.7. The van der Waals surface area contributed by atoms with Crippen molar-refractivity contribution in [2.75, 3.05) is 20.3 Å². The van der Waals surface area contributed by atoms with Crippen LogP contribution in [0.25, 0.3) is 17.1 Å². The number of nitrogens with one attached hydrogen (secondary N) is 2. The summed E-state index contributed by atoms with van der Waals surface area (Å²) in [6.07, 6.45) is 5.54. The summed E-state index contributed by atoms with van der Waals surface area (Å²) in [5.74, 6) is 1.93. The second kappa shape index (κ2) is 9.41. The smallest absolute Gasteiger partial charge is 0.244 e. The zero-order valence-electron chi connectivity index (χ0n) is 15.8. The molecular formula is C22H23N3O3. The highest BCUT2D eigenvalue weighted by molar-refractivity contribution is 5.91. The normalized spacial score (nSPS) is 10.9. The second-order valence-electron chi connectivity index (χ2n) is 6.08. The van der Waals surface area contributed by atoms with E-state index in [4.69, 9.17) is 9.47 Å². The SMILES string of the molecule is C=CCOc1ccc(/C=C/C(=O)NCCc2nc3ccccc3[nH]2)cc1OC. The van der Waals surface area contributed by atoms with Gasteiger partial charge in [0.1, 0.15) is 12.4 Å². The molecule has 0 atom stereocenters. The monoisotopic (exact) mass is 377 g/mol. The Bertz CT molecular complexity index is 959. The van der Waals surface area contributed by atoms with E-state index >= 15 is 0 Å². The maximum atomic E-state index is 12.0. The van der Waals surface area contributed by atoms with Crippen molar-refractivity contribution < 1.29 is 14.3 Å². The number of hydrogen-bond acceptors (Lipinski definition) is 4. The van der Waals surface area contributed by atoms with E-state index in [0.29, 0.717) is 31.1 Å². The summed E-state index contributed by atoms with van der Waals surface area (Å²) < 4.78 is 10.8. The lowest BCUT2D eigenvalue weighted by atomic mass is 10.2. The number of nitrogens with zero attached hydrogens (tertiary/aromatic N) is 1. The van der Waals surface area contributed by atoms with E-state index in [1.165, 1.54) is 6.08 Å². The van der Waals surface area contributed by atoms with E-state index in [9.17, 15) is 4.79 Å². The molecular weight excluding hydrogens is 354 g/mol. The maximum absolute atomic E-state index is 12.0. The van der Waals surface area contributed by atoms with Crippen molar-refractivity contribution in [2.24, 2.45) is 0 Å². The van der Waals surface area contributed by atoms with Crippen LogP contribution in [0.15, 0.2) is 61.2 Å². The van der Waals surface area contributed by atoms with E-state index in [1.54, 1.807) is 19.3 Å². The van der Waals surface area contributed by atoms with E-state index in [0.717, 1.165) is 22.4 Å². The van der Waals surface area contributed by atoms with Gasteiger partial charge in [0.15, 0.2) is 11.5 Å². The molecule has 0 unspecified atom stereocenters. The minimum absolute atomic E-state index is 0.165. The van der Waals surface area contributed by atoms with Crippen LogP contribution in [0, 0.1) is 0 Å². The van der Waals surface area contributed by atoms with Crippen molar-refractivity contribution in [1.29, 1.82) is 0 Å². The van der Waals surface area contributed by atoms with Gasteiger partial charge in [-0.25, -0.2) is 4.98 Å². The predicted molar refractivity (Wildman–Crippen MR) is 111 cm³/mol. The van der Waals surface area contributed by atoms with Gasteiger partial charge in [0, 0.05) is 19.0 Å². The highest BCUT2D eigenvalue weighted by Crippen LogP contribution is 2.28. The molecule has 0 bridgehead atoms. The van der Waals surface area contributed by atoms with Crippen molar-refractivity contribution in [1.82, 2.24) is 15.3 Å². The first-order valence-electron chi connectivity index (χ1n) is 9.01. The van der Waals surface area contributed by atoms with Crippen LogP contribution in [-0.4, -0.2) is 36.1 Å². The number of aromatic nitrogens is 2. The predicted octanol–water partition coefficient (Wildman–Crippen LogP) is 3.51. The number of imidazole rings is 1. The van der Waals surface area contributed by atoms with Crippen LogP contribution in [0.5, 0.6) is 11.5 Å². The summed E-state index contributed by atoms with van der Waals surface area (Å²) in [5.41, 5.74) is 2.77. The molecule has 0 aliphatic carbocycles. The number of ether oxygens (including phenoxy) is 2. The van der Waals surface area contributed by atoms with E-state index < -0.39 is 0 Å². The van der Waals surface area contributed by atoms with Crippen LogP contribution in [0.3, 0.4) is 0 Å². The number of benzene rings is 2. The Hall–Kier alpha value is -3.54. The molecule has 28 heavy (non-hydrogen) atoms. The summed E-state index contributed by atoms with van der Waals surface area (Å²) in [6.45, 7) is 4.53. The quantitative estimate of drug-likeness (QED) is 0.442. The molecule has 0 saturated carbocycles. The molecule has 3 rings (SSSR count). The van der Waals surface area contributed by atoms with Gasteiger partial charge in [-0.1, -0.05) is 30.9 Å². The maximum Gasteiger partial charge on any atom is 0.244 e. The Balaban J connectivity index is 1.52. The van der Waals surface area contributed by atoms with Crippen LogP contribution in [0.4, 0.5) is 0 Å². The van der Waals surface area contributed by atoms with Gasteiger partial charge in [-0.05, 0) is 35.9 Å². The third-order valence-electron chi connectivity index (χ3n) is 4.07. The highest BCUT2D eigenvalue weighted by atomic mass is 16.5. The number of methoxy groups -OCH3 is 1. The molecule has 2 aromatic carbocycles. The molecule has 0 saturated heterocycles. The first kappa shape index (κ1) is 19.2. The van der Waals surface area contributed by atoms with Crippen LogP contribution in [-0.2, 0) is 11.2 Å². The van der Waals surface area contributed by atoms with Crippen molar-refractivity contribution in [3.05, 3.63) is 72.6 Å². The third-order valence-corrected chi connectivity index (χ3v) is 4.07. The molecule has 2 N–H and O–H groups in total. The van der Waals surface area contributed by atoms with Gasteiger partial charge in [0.05, 0.1) is 18.1 Å². The number of fused-ring (bicyclic) bond motifs is 1. The number of para-hydroxylation sites is 2. The molecule has 144 valence electrons. The molecule has 6 heteroatoms. The number of carbonyl (C=O) groups excluding carboxylic acids is 1. The van der Waals surface area contributed by atoms with Gasteiger partial charge >= 0.3 is 0 Å². The molecule has 1 heterocycles. The van der Waals surface area contributed by atoms with E-state index in [-0.39, 0.29) is 5.91 Å². The van der Waals surface area contributed by atoms with Gasteiger partial charge < -0.3 is 19.8 Å². The van der Waals surface area contributed by atoms with Gasteiger partial charge in [-0.2, -0.15) is 0 Å². The fourth-order valence-electron chi connectivity index (χ4n) is 2.71. The molecule has 0 aliphatic rings. The standard InChI is InChI=1S/C22H23N3O3/c1-3-14-28-19-10-8-16(15-20(19)27-2)9-11-22(26)23-13-12-21-24-17-6-4-5-7-18(17)25-21/h3-11,15H,1,12-14H2,2H3,(H,23,26)(H,24,25)/b11-9+. The molecule has 0 spiro atoms. The minimum atomic E-state index is -0.165. The Morgan fingerprint density at radius 1 is 1.25 bits per heavy atom.